The molecule has 10 nitrogen and oxygen atoms in total. The number of amides is 2. The van der Waals surface area contributed by atoms with E-state index >= 15 is 0 Å². The van der Waals surface area contributed by atoms with Crippen LogP contribution >= 0.6 is 0 Å². The maximum absolute atomic E-state index is 12.4. The van der Waals surface area contributed by atoms with Gasteiger partial charge in [0.25, 0.3) is 0 Å². The van der Waals surface area contributed by atoms with Crippen molar-refractivity contribution in [2.45, 2.75) is 77.4 Å². The highest BCUT2D eigenvalue weighted by Gasteiger charge is 2.25. The van der Waals surface area contributed by atoms with E-state index < -0.39 is 12.0 Å². The molecule has 216 valence electrons. The van der Waals surface area contributed by atoms with E-state index in [0.717, 1.165) is 76.1 Å². The Labute approximate surface area is 228 Å². The van der Waals surface area contributed by atoms with E-state index in [1.165, 1.54) is 5.56 Å². The molecule has 0 spiro atoms. The Kier molecular flexibility index (Phi) is 15.0. The van der Waals surface area contributed by atoms with Crippen LogP contribution in [0, 0.1) is 0 Å². The van der Waals surface area contributed by atoms with Gasteiger partial charge in [-0.2, -0.15) is 0 Å². The van der Waals surface area contributed by atoms with Crippen molar-refractivity contribution >= 4 is 17.8 Å². The van der Waals surface area contributed by atoms with Crippen molar-refractivity contribution in [1.29, 1.82) is 0 Å². The molecule has 3 rings (SSSR count). The van der Waals surface area contributed by atoms with Crippen molar-refractivity contribution in [3.8, 4) is 0 Å². The Morgan fingerprint density at radius 2 is 1.87 bits per heavy atom. The molecule has 1 unspecified atom stereocenters. The lowest BCUT2D eigenvalue weighted by Gasteiger charge is -2.26. The summed E-state index contributed by atoms with van der Waals surface area (Å²) in [5.41, 5.74) is 2.42. The van der Waals surface area contributed by atoms with E-state index in [4.69, 9.17) is 9.72 Å². The first-order valence-corrected chi connectivity index (χ1v) is 14.1. The van der Waals surface area contributed by atoms with Crippen molar-refractivity contribution < 1.29 is 24.2 Å². The molecule has 2 aliphatic heterocycles. The number of methoxy groups -OCH3 is 1. The van der Waals surface area contributed by atoms with Crippen LogP contribution in [0.4, 0.5) is 10.6 Å². The van der Waals surface area contributed by atoms with Gasteiger partial charge in [0.15, 0.2) is 0 Å². The zero-order valence-electron chi connectivity index (χ0n) is 23.8. The number of ether oxygens (including phenoxy) is 2. The van der Waals surface area contributed by atoms with Crippen molar-refractivity contribution in [2.75, 3.05) is 65.4 Å². The Morgan fingerprint density at radius 1 is 1.13 bits per heavy atom. The highest BCUT2D eigenvalue weighted by atomic mass is 16.5. The number of aryl methyl sites for hydroxylation is 2. The molecule has 2 aliphatic rings. The van der Waals surface area contributed by atoms with Crippen molar-refractivity contribution in [2.24, 2.45) is 0 Å². The van der Waals surface area contributed by atoms with Crippen molar-refractivity contribution in [3.05, 3.63) is 23.4 Å². The molecule has 1 saturated heterocycles. The smallest absolute Gasteiger partial charge is 0.326 e. The summed E-state index contributed by atoms with van der Waals surface area (Å²) in [5, 5.41) is 15.8. The predicted molar refractivity (Wildman–Crippen MR) is 150 cm³/mol. The second-order valence-corrected chi connectivity index (χ2v) is 10.3. The second-order valence-electron chi connectivity index (χ2n) is 10.3. The van der Waals surface area contributed by atoms with Gasteiger partial charge in [-0.05, 0) is 83.4 Å². The topological polar surface area (TPSA) is 116 Å². The second kappa shape index (κ2) is 18.0. The highest BCUT2D eigenvalue weighted by Crippen LogP contribution is 2.20. The number of aliphatic carboxylic acids is 1. The summed E-state index contributed by atoms with van der Waals surface area (Å²) in [6, 6.07) is 3.18. The molecule has 0 saturated carbocycles. The summed E-state index contributed by atoms with van der Waals surface area (Å²) in [7, 11) is 3.25. The summed E-state index contributed by atoms with van der Waals surface area (Å²) in [6.07, 6.45) is 7.68. The standard InChI is InChI=1S/C26H43N5O4.C2H6O/c1-20(2)35-19-18-30(17-12-23(25(32)33)29-26(34)31-15-5-6-16-31)14-4-3-9-22-11-10-21-8-7-13-27-24(21)28-22;1-3-2/h10-11,20,23H,3-9,12-19H2,1-2H3,(H,27,28)(H,29,34)(H,32,33);1-2H3. The number of carbonyl (C=O) groups excluding carboxylic acids is 1. The molecule has 2 amide bonds. The van der Waals surface area contributed by atoms with Gasteiger partial charge < -0.3 is 35.0 Å². The van der Waals surface area contributed by atoms with Crippen LogP contribution in [0.5, 0.6) is 0 Å². The summed E-state index contributed by atoms with van der Waals surface area (Å²) >= 11 is 0. The van der Waals surface area contributed by atoms with Gasteiger partial charge in [0.2, 0.25) is 0 Å². The summed E-state index contributed by atoms with van der Waals surface area (Å²) in [6.45, 7) is 9.22. The van der Waals surface area contributed by atoms with Gasteiger partial charge in [-0.15, -0.1) is 0 Å². The van der Waals surface area contributed by atoms with E-state index in [0.29, 0.717) is 32.7 Å². The van der Waals surface area contributed by atoms with Gasteiger partial charge in [0.05, 0.1) is 12.7 Å². The van der Waals surface area contributed by atoms with E-state index in [9.17, 15) is 14.7 Å². The molecule has 3 heterocycles. The van der Waals surface area contributed by atoms with Crippen LogP contribution in [-0.4, -0.2) is 104 Å². The molecule has 1 aromatic heterocycles. The van der Waals surface area contributed by atoms with Gasteiger partial charge in [-0.3, -0.25) is 0 Å². The molecule has 1 atom stereocenters. The van der Waals surface area contributed by atoms with Gasteiger partial charge in [-0.25, -0.2) is 14.6 Å². The molecule has 0 bridgehead atoms. The molecular formula is C28H49N5O5. The zero-order valence-corrected chi connectivity index (χ0v) is 23.8. The normalized spacial score (nSPS) is 15.5. The van der Waals surface area contributed by atoms with Gasteiger partial charge in [-0.1, -0.05) is 6.07 Å². The number of nitrogens with zero attached hydrogens (tertiary/aromatic N) is 3. The molecule has 1 fully saturated rings. The van der Waals surface area contributed by atoms with Crippen LogP contribution in [0.3, 0.4) is 0 Å². The third-order valence-electron chi connectivity index (χ3n) is 6.69. The number of carboxylic acid groups (broad SMARTS) is 1. The van der Waals surface area contributed by atoms with Crippen LogP contribution in [0.1, 0.15) is 63.6 Å². The number of unbranched alkanes of at least 4 members (excludes halogenated alkanes) is 1. The Bertz CT molecular complexity index is 832. The Morgan fingerprint density at radius 3 is 2.55 bits per heavy atom. The molecule has 0 radical (unpaired) electrons. The lowest BCUT2D eigenvalue weighted by atomic mass is 10.1. The third-order valence-corrected chi connectivity index (χ3v) is 6.69. The zero-order chi connectivity index (χ0) is 27.8. The number of carboxylic acids is 1. The summed E-state index contributed by atoms with van der Waals surface area (Å²) < 4.78 is 9.99. The first kappa shape index (κ1) is 31.8. The van der Waals surface area contributed by atoms with Crippen molar-refractivity contribution in [1.82, 2.24) is 20.1 Å². The number of likely N-dealkylation sites (tertiary alicyclic amines) is 1. The van der Waals surface area contributed by atoms with Crippen LogP contribution < -0.4 is 10.6 Å². The minimum Gasteiger partial charge on any atom is -0.480 e. The minimum absolute atomic E-state index is 0.159. The minimum atomic E-state index is -0.983. The van der Waals surface area contributed by atoms with E-state index in [-0.39, 0.29) is 12.1 Å². The quantitative estimate of drug-likeness (QED) is 0.311. The van der Waals surface area contributed by atoms with Crippen molar-refractivity contribution in [3.63, 3.8) is 0 Å². The van der Waals surface area contributed by atoms with E-state index in [1.807, 2.05) is 13.8 Å². The monoisotopic (exact) mass is 535 g/mol. The molecule has 0 aliphatic carbocycles. The Hall–Kier alpha value is -2.43. The van der Waals surface area contributed by atoms with Gasteiger partial charge >= 0.3 is 12.0 Å². The number of anilines is 1. The van der Waals surface area contributed by atoms with Crippen LogP contribution in [0.25, 0.3) is 0 Å². The number of rotatable bonds is 14. The summed E-state index contributed by atoms with van der Waals surface area (Å²) in [4.78, 5) is 32.9. The molecule has 10 heteroatoms. The lowest BCUT2D eigenvalue weighted by molar-refractivity contribution is -0.139. The maximum Gasteiger partial charge on any atom is 0.326 e. The van der Waals surface area contributed by atoms with E-state index in [2.05, 4.69) is 32.4 Å². The number of hydrogen-bond donors (Lipinski definition) is 3. The van der Waals surface area contributed by atoms with Gasteiger partial charge in [0, 0.05) is 52.6 Å². The largest absolute Gasteiger partial charge is 0.480 e. The van der Waals surface area contributed by atoms with E-state index in [1.54, 1.807) is 19.1 Å². The fourth-order valence-electron chi connectivity index (χ4n) is 4.63. The number of urea groups is 1. The first-order chi connectivity index (χ1) is 18.3. The van der Waals surface area contributed by atoms with Crippen LogP contribution in [-0.2, 0) is 27.1 Å². The average Bonchev–Trinajstić information content (AvgIpc) is 3.44. The predicted octanol–water partition coefficient (Wildman–Crippen LogP) is 3.40. The lowest BCUT2D eigenvalue weighted by Crippen LogP contribution is -2.48. The molecule has 0 aromatic carbocycles. The first-order valence-electron chi connectivity index (χ1n) is 14.1. The molecule has 3 N–H and O–H groups in total. The number of carbonyl (C=O) groups is 2. The highest BCUT2D eigenvalue weighted by molar-refractivity contribution is 5.82. The molecule has 1 aromatic rings. The van der Waals surface area contributed by atoms with Crippen LogP contribution in [0.2, 0.25) is 0 Å². The summed E-state index contributed by atoms with van der Waals surface area (Å²) in [5.74, 6) is 0.0555. The molecule has 38 heavy (non-hydrogen) atoms. The number of fused-ring (bicyclic) bond motifs is 1. The molecular weight excluding hydrogens is 486 g/mol. The maximum atomic E-state index is 12.4. The van der Waals surface area contributed by atoms with Crippen LogP contribution in [0.15, 0.2) is 12.1 Å². The SMILES string of the molecule is CC(C)OCCN(CCCCc1ccc2c(n1)NCCC2)CCC(NC(=O)N1CCCC1)C(=O)O.COC. The van der Waals surface area contributed by atoms with Gasteiger partial charge in [0.1, 0.15) is 11.9 Å². The fourth-order valence-corrected chi connectivity index (χ4v) is 4.63. The number of pyridine rings is 1. The average molecular weight is 536 g/mol. The number of aromatic nitrogens is 1. The third kappa shape index (κ3) is 12.0. The fraction of sp³-hybridized carbons (Fsp3) is 0.750. The number of hydrogen-bond acceptors (Lipinski definition) is 7. The number of nitrogens with one attached hydrogen (secondary N) is 2. The Balaban J connectivity index is 0.00000161.